The van der Waals surface area contributed by atoms with E-state index >= 15 is 0 Å². The van der Waals surface area contributed by atoms with Crippen LogP contribution in [0.2, 0.25) is 0 Å². The average Bonchev–Trinajstić information content (AvgIpc) is 3.56. The molecule has 2 heterocycles. The molecule has 0 aliphatic carbocycles. The van der Waals surface area contributed by atoms with E-state index in [4.69, 9.17) is 0 Å². The number of aliphatic imine (C=N–C) groups is 1. The normalized spacial score (nSPS) is 16.1. The molecule has 9 aromatic carbocycles. The van der Waals surface area contributed by atoms with Gasteiger partial charge in [-0.15, -0.1) is 0 Å². The molecule has 248 valence electrons. The van der Waals surface area contributed by atoms with Crippen LogP contribution in [0.3, 0.4) is 0 Å². The molecule has 2 heteroatoms. The summed E-state index contributed by atoms with van der Waals surface area (Å²) >= 11 is 0. The molecule has 0 N–H and O–H groups in total. The summed E-state index contributed by atoms with van der Waals surface area (Å²) < 4.78 is 0. The summed E-state index contributed by atoms with van der Waals surface area (Å²) in [6, 6.07) is 65.2. The molecule has 0 saturated heterocycles. The van der Waals surface area contributed by atoms with Crippen LogP contribution in [0.5, 0.6) is 0 Å². The minimum absolute atomic E-state index is 0.187. The van der Waals surface area contributed by atoms with Gasteiger partial charge < -0.3 is 4.90 Å². The highest BCUT2D eigenvalue weighted by molar-refractivity contribution is 6.22. The van der Waals surface area contributed by atoms with Crippen LogP contribution in [0.15, 0.2) is 193 Å². The molecule has 2 atom stereocenters. The Labute approximate surface area is 308 Å². The summed E-state index contributed by atoms with van der Waals surface area (Å²) in [7, 11) is 0. The van der Waals surface area contributed by atoms with Crippen molar-refractivity contribution in [3.05, 3.63) is 194 Å². The fraction of sp³-hybridized carbons (Fsp3) is 0.0392. The van der Waals surface area contributed by atoms with Gasteiger partial charge in [-0.1, -0.05) is 133 Å². The monoisotopic (exact) mass is 674 g/mol. The molecule has 11 rings (SSSR count). The van der Waals surface area contributed by atoms with Crippen molar-refractivity contribution in [2.24, 2.45) is 4.99 Å². The van der Waals surface area contributed by atoms with Crippen molar-refractivity contribution in [1.29, 1.82) is 0 Å². The maximum atomic E-state index is 4.61. The van der Waals surface area contributed by atoms with Crippen LogP contribution in [0, 0.1) is 0 Å². The summed E-state index contributed by atoms with van der Waals surface area (Å²) in [4.78, 5) is 7.07. The average molecular weight is 675 g/mol. The fourth-order valence-corrected chi connectivity index (χ4v) is 8.95. The van der Waals surface area contributed by atoms with Gasteiger partial charge in [0, 0.05) is 29.7 Å². The number of fused-ring (bicyclic) bond motifs is 7. The number of hydrogen-bond donors (Lipinski definition) is 0. The van der Waals surface area contributed by atoms with E-state index < -0.39 is 0 Å². The highest BCUT2D eigenvalue weighted by atomic mass is 15.2. The highest BCUT2D eigenvalue weighted by Gasteiger charge is 2.38. The van der Waals surface area contributed by atoms with E-state index in [9.17, 15) is 0 Å². The molecule has 2 aliphatic heterocycles. The Kier molecular flexibility index (Phi) is 6.72. The van der Waals surface area contributed by atoms with E-state index in [1.807, 2.05) is 6.20 Å². The van der Waals surface area contributed by atoms with E-state index in [1.165, 1.54) is 93.4 Å². The third-order valence-electron chi connectivity index (χ3n) is 11.4. The van der Waals surface area contributed by atoms with Crippen LogP contribution in [-0.2, 0) is 0 Å². The Hall–Kier alpha value is -6.77. The molecule has 0 spiro atoms. The van der Waals surface area contributed by atoms with E-state index in [2.05, 4.69) is 198 Å². The first kappa shape index (κ1) is 29.9. The molecule has 0 aromatic heterocycles. The zero-order valence-electron chi connectivity index (χ0n) is 29.0. The van der Waals surface area contributed by atoms with Gasteiger partial charge in [0.15, 0.2) is 0 Å². The first-order valence-electron chi connectivity index (χ1n) is 18.4. The van der Waals surface area contributed by atoms with Crippen LogP contribution in [0.25, 0.3) is 76.5 Å². The van der Waals surface area contributed by atoms with E-state index in [0.717, 1.165) is 0 Å². The summed E-state index contributed by atoms with van der Waals surface area (Å²) in [5.41, 5.74) is 11.2. The van der Waals surface area contributed by atoms with Crippen molar-refractivity contribution in [3.63, 3.8) is 0 Å². The summed E-state index contributed by atoms with van der Waals surface area (Å²) in [5.74, 6) is 0.187. The lowest BCUT2D eigenvalue weighted by atomic mass is 9.84. The second-order valence-corrected chi connectivity index (χ2v) is 14.3. The van der Waals surface area contributed by atoms with E-state index in [-0.39, 0.29) is 12.0 Å². The maximum absolute atomic E-state index is 4.61. The topological polar surface area (TPSA) is 15.6 Å². The van der Waals surface area contributed by atoms with Gasteiger partial charge in [0.25, 0.3) is 0 Å². The van der Waals surface area contributed by atoms with Crippen molar-refractivity contribution < 1.29 is 0 Å². The predicted octanol–water partition coefficient (Wildman–Crippen LogP) is 13.5. The van der Waals surface area contributed by atoms with Gasteiger partial charge >= 0.3 is 0 Å². The van der Waals surface area contributed by atoms with Crippen LogP contribution in [-0.4, -0.2) is 12.3 Å². The number of anilines is 2. The minimum atomic E-state index is 0.187. The van der Waals surface area contributed by atoms with Crippen LogP contribution in [0.4, 0.5) is 11.4 Å². The number of nitrogens with zero attached hydrogens (tertiary/aromatic N) is 2. The lowest BCUT2D eigenvalue weighted by Gasteiger charge is -2.28. The van der Waals surface area contributed by atoms with Crippen LogP contribution in [0.1, 0.15) is 11.5 Å². The zero-order chi connectivity index (χ0) is 34.9. The Morgan fingerprint density at radius 3 is 1.66 bits per heavy atom. The standard InChI is InChI=1S/C51H34N2/c1-2-14-41(15-3-1)53-48-25-23-38(30-45(48)47-32-52-27-26-49(47)53)37-22-24-44-46(31-37)51(40-21-19-34-11-5-7-13-36(34)29-40)43-17-9-8-16-42(43)50(44)39-20-18-33-10-4-6-12-35(33)28-39/h1-32,47,49H. The van der Waals surface area contributed by atoms with E-state index in [0.29, 0.717) is 0 Å². The number of para-hydroxylation sites is 1. The molecule has 2 nitrogen and oxygen atoms in total. The quantitative estimate of drug-likeness (QED) is 0.170. The molecule has 0 amide bonds. The Balaban J connectivity index is 1.17. The first-order valence-corrected chi connectivity index (χ1v) is 18.4. The van der Waals surface area contributed by atoms with Crippen molar-refractivity contribution in [3.8, 4) is 33.4 Å². The molecule has 2 aliphatic rings. The van der Waals surface area contributed by atoms with Crippen LogP contribution >= 0.6 is 0 Å². The number of rotatable bonds is 4. The SMILES string of the molecule is C1=CC2C(C=N1)c1cc(-c3ccc4c(-c5ccc6ccccc6c5)c5ccccc5c(-c5ccc6ccccc6c5)c4c3)ccc1N2c1ccccc1. The molecular weight excluding hydrogens is 641 g/mol. The van der Waals surface area contributed by atoms with Crippen molar-refractivity contribution in [2.45, 2.75) is 12.0 Å². The summed E-state index contributed by atoms with van der Waals surface area (Å²) in [5, 5.41) is 10.0. The Bertz CT molecular complexity index is 2970. The number of benzene rings is 9. The van der Waals surface area contributed by atoms with Gasteiger partial charge in [-0.05, 0) is 131 Å². The molecule has 53 heavy (non-hydrogen) atoms. The van der Waals surface area contributed by atoms with Crippen LogP contribution < -0.4 is 4.90 Å². The first-order chi connectivity index (χ1) is 26.3. The smallest absolute Gasteiger partial charge is 0.0659 e. The van der Waals surface area contributed by atoms with Gasteiger partial charge in [-0.2, -0.15) is 0 Å². The highest BCUT2D eigenvalue weighted by Crippen LogP contribution is 2.49. The molecule has 0 saturated carbocycles. The molecular formula is C51H34N2. The maximum Gasteiger partial charge on any atom is 0.0659 e. The van der Waals surface area contributed by atoms with Crippen molar-refractivity contribution in [1.82, 2.24) is 0 Å². The third kappa shape index (κ3) is 4.76. The zero-order valence-corrected chi connectivity index (χ0v) is 29.0. The van der Waals surface area contributed by atoms with Gasteiger partial charge in [-0.25, -0.2) is 0 Å². The molecule has 0 fully saturated rings. The number of hydrogen-bond acceptors (Lipinski definition) is 2. The van der Waals surface area contributed by atoms with Gasteiger partial charge in [0.1, 0.15) is 0 Å². The van der Waals surface area contributed by atoms with Gasteiger partial charge in [-0.3, -0.25) is 4.99 Å². The molecule has 9 aromatic rings. The van der Waals surface area contributed by atoms with Crippen molar-refractivity contribution in [2.75, 3.05) is 4.90 Å². The lowest BCUT2D eigenvalue weighted by molar-refractivity contribution is 0.780. The van der Waals surface area contributed by atoms with Crippen molar-refractivity contribution >= 4 is 60.7 Å². The molecule has 0 bridgehead atoms. The van der Waals surface area contributed by atoms with E-state index in [1.54, 1.807) is 0 Å². The Morgan fingerprint density at radius 2 is 0.962 bits per heavy atom. The fourth-order valence-electron chi connectivity index (χ4n) is 8.95. The molecule has 2 unspecified atom stereocenters. The summed E-state index contributed by atoms with van der Waals surface area (Å²) in [6.45, 7) is 0. The second kappa shape index (κ2) is 11.9. The predicted molar refractivity (Wildman–Crippen MR) is 226 cm³/mol. The van der Waals surface area contributed by atoms with Gasteiger partial charge in [0.2, 0.25) is 0 Å². The lowest BCUT2D eigenvalue weighted by Crippen LogP contribution is -2.29. The Morgan fingerprint density at radius 1 is 0.415 bits per heavy atom. The minimum Gasteiger partial charge on any atom is -0.333 e. The largest absolute Gasteiger partial charge is 0.333 e. The summed E-state index contributed by atoms with van der Waals surface area (Å²) in [6.07, 6.45) is 6.30. The second-order valence-electron chi connectivity index (χ2n) is 14.3. The van der Waals surface area contributed by atoms with Gasteiger partial charge in [0.05, 0.1) is 6.04 Å². The third-order valence-corrected chi connectivity index (χ3v) is 11.4. The molecule has 0 radical (unpaired) electrons.